The molecule has 0 aromatic carbocycles. The molecule has 1 saturated heterocycles. The Morgan fingerprint density at radius 3 is 2.58 bits per heavy atom. The van der Waals surface area contributed by atoms with Gasteiger partial charge in [0, 0.05) is 37.3 Å². The monoisotopic (exact) mass is 332 g/mol. The SMILES string of the molecule is CCC(=O)CN1CC=C(C(=O)N2CC(C)OC(C)C2)C2=C1CCC2. The highest BCUT2D eigenvalue weighted by molar-refractivity contribution is 5.98. The fourth-order valence-electron chi connectivity index (χ4n) is 4.02. The summed E-state index contributed by atoms with van der Waals surface area (Å²) in [7, 11) is 0. The molecule has 0 N–H and O–H groups in total. The molecule has 5 nitrogen and oxygen atoms in total. The molecule has 2 heterocycles. The van der Waals surface area contributed by atoms with Gasteiger partial charge >= 0.3 is 0 Å². The molecule has 0 aromatic rings. The van der Waals surface area contributed by atoms with Crippen LogP contribution in [0.3, 0.4) is 0 Å². The number of ether oxygens (including phenoxy) is 1. The molecule has 1 aliphatic carbocycles. The van der Waals surface area contributed by atoms with Crippen LogP contribution in [-0.2, 0) is 14.3 Å². The maximum absolute atomic E-state index is 13.1. The van der Waals surface area contributed by atoms with Crippen LogP contribution in [0.4, 0.5) is 0 Å². The van der Waals surface area contributed by atoms with Crippen LogP contribution in [-0.4, -0.2) is 59.9 Å². The number of rotatable bonds is 4. The fraction of sp³-hybridized carbons (Fsp3) is 0.684. The van der Waals surface area contributed by atoms with Gasteiger partial charge in [-0.25, -0.2) is 0 Å². The van der Waals surface area contributed by atoms with Crippen molar-refractivity contribution >= 4 is 11.7 Å². The Bertz CT molecular complexity index is 583. The highest BCUT2D eigenvalue weighted by atomic mass is 16.5. The molecule has 3 aliphatic rings. The Morgan fingerprint density at radius 1 is 1.21 bits per heavy atom. The molecule has 3 rings (SSSR count). The average Bonchev–Trinajstić information content (AvgIpc) is 3.03. The number of carbonyl (C=O) groups excluding carboxylic acids is 2. The molecule has 0 radical (unpaired) electrons. The Kier molecular flexibility index (Phi) is 5.09. The number of allylic oxidation sites excluding steroid dienone is 1. The minimum Gasteiger partial charge on any atom is -0.372 e. The van der Waals surface area contributed by atoms with Gasteiger partial charge in [0.05, 0.1) is 18.8 Å². The summed E-state index contributed by atoms with van der Waals surface area (Å²) in [6.07, 6.45) is 5.75. The van der Waals surface area contributed by atoms with E-state index in [-0.39, 0.29) is 23.9 Å². The van der Waals surface area contributed by atoms with E-state index >= 15 is 0 Å². The van der Waals surface area contributed by atoms with Crippen molar-refractivity contribution in [3.8, 4) is 0 Å². The largest absolute Gasteiger partial charge is 0.372 e. The molecule has 1 fully saturated rings. The number of carbonyl (C=O) groups is 2. The zero-order valence-electron chi connectivity index (χ0n) is 15.0. The standard InChI is InChI=1S/C19H28N2O3/c1-4-15(22)12-20-9-8-17(16-6-5-7-18(16)20)19(23)21-10-13(2)24-14(3)11-21/h8,13-14H,4-7,9-12H2,1-3H3. The second-order valence-corrected chi connectivity index (χ2v) is 7.14. The van der Waals surface area contributed by atoms with E-state index in [1.807, 2.05) is 31.7 Å². The van der Waals surface area contributed by atoms with Crippen LogP contribution in [0.15, 0.2) is 22.9 Å². The van der Waals surface area contributed by atoms with E-state index < -0.39 is 0 Å². The van der Waals surface area contributed by atoms with Crippen molar-refractivity contribution in [1.29, 1.82) is 0 Å². The maximum Gasteiger partial charge on any atom is 0.254 e. The van der Waals surface area contributed by atoms with Crippen LogP contribution in [0.5, 0.6) is 0 Å². The van der Waals surface area contributed by atoms with Crippen molar-refractivity contribution in [3.63, 3.8) is 0 Å². The molecule has 5 heteroatoms. The average molecular weight is 332 g/mol. The fourth-order valence-corrected chi connectivity index (χ4v) is 4.02. The predicted octanol–water partition coefficient (Wildman–Crippen LogP) is 2.28. The van der Waals surface area contributed by atoms with Gasteiger partial charge < -0.3 is 14.5 Å². The lowest BCUT2D eigenvalue weighted by Crippen LogP contribution is -2.49. The molecule has 0 spiro atoms. The Morgan fingerprint density at radius 2 is 1.92 bits per heavy atom. The van der Waals surface area contributed by atoms with E-state index in [2.05, 4.69) is 4.90 Å². The van der Waals surface area contributed by atoms with Gasteiger partial charge in [-0.05, 0) is 38.7 Å². The molecule has 0 saturated carbocycles. The van der Waals surface area contributed by atoms with Crippen LogP contribution in [0, 0.1) is 0 Å². The van der Waals surface area contributed by atoms with Gasteiger partial charge in [-0.1, -0.05) is 13.0 Å². The summed E-state index contributed by atoms with van der Waals surface area (Å²) in [6.45, 7) is 8.39. The van der Waals surface area contributed by atoms with Crippen LogP contribution in [0.1, 0.15) is 46.5 Å². The lowest BCUT2D eigenvalue weighted by atomic mass is 9.98. The lowest BCUT2D eigenvalue weighted by molar-refractivity contribution is -0.138. The molecule has 2 aliphatic heterocycles. The summed E-state index contributed by atoms with van der Waals surface area (Å²) in [5.74, 6) is 0.389. The Balaban J connectivity index is 1.77. The van der Waals surface area contributed by atoms with Gasteiger partial charge in [0.15, 0.2) is 5.78 Å². The van der Waals surface area contributed by atoms with E-state index in [1.165, 1.54) is 11.3 Å². The van der Waals surface area contributed by atoms with Crippen molar-refractivity contribution in [1.82, 2.24) is 9.80 Å². The van der Waals surface area contributed by atoms with Crippen molar-refractivity contribution in [2.45, 2.75) is 58.7 Å². The maximum atomic E-state index is 13.1. The van der Waals surface area contributed by atoms with Gasteiger partial charge in [0.25, 0.3) is 5.91 Å². The van der Waals surface area contributed by atoms with Crippen LogP contribution in [0.25, 0.3) is 0 Å². The van der Waals surface area contributed by atoms with E-state index in [0.717, 1.165) is 24.8 Å². The molecule has 0 bridgehead atoms. The van der Waals surface area contributed by atoms with Crippen molar-refractivity contribution in [3.05, 3.63) is 22.9 Å². The summed E-state index contributed by atoms with van der Waals surface area (Å²) in [6, 6.07) is 0. The summed E-state index contributed by atoms with van der Waals surface area (Å²) >= 11 is 0. The van der Waals surface area contributed by atoms with Crippen LogP contribution in [0.2, 0.25) is 0 Å². The molecule has 2 atom stereocenters. The minimum atomic E-state index is 0.0811. The first-order valence-electron chi connectivity index (χ1n) is 9.13. The zero-order valence-corrected chi connectivity index (χ0v) is 15.0. The number of morpholine rings is 1. The summed E-state index contributed by atoms with van der Waals surface area (Å²) in [4.78, 5) is 29.0. The van der Waals surface area contributed by atoms with Gasteiger partial charge in [0.2, 0.25) is 0 Å². The Labute approximate surface area is 144 Å². The first-order chi connectivity index (χ1) is 11.5. The Hall–Kier alpha value is -1.62. The second-order valence-electron chi connectivity index (χ2n) is 7.14. The second kappa shape index (κ2) is 7.09. The van der Waals surface area contributed by atoms with Gasteiger partial charge in [0.1, 0.15) is 0 Å². The number of hydrogen-bond acceptors (Lipinski definition) is 4. The highest BCUT2D eigenvalue weighted by Gasteiger charge is 2.34. The summed E-state index contributed by atoms with van der Waals surface area (Å²) in [5.41, 5.74) is 3.25. The molecule has 132 valence electrons. The third kappa shape index (κ3) is 3.41. The molecular weight excluding hydrogens is 304 g/mol. The number of ketones is 1. The van der Waals surface area contributed by atoms with Gasteiger partial charge in [-0.15, -0.1) is 0 Å². The van der Waals surface area contributed by atoms with E-state index in [4.69, 9.17) is 4.74 Å². The highest BCUT2D eigenvalue weighted by Crippen LogP contribution is 2.37. The quantitative estimate of drug-likeness (QED) is 0.792. The normalized spacial score (nSPS) is 27.2. The minimum absolute atomic E-state index is 0.0811. The number of nitrogens with zero attached hydrogens (tertiary/aromatic N) is 2. The lowest BCUT2D eigenvalue weighted by Gasteiger charge is -2.37. The number of amides is 1. The van der Waals surface area contributed by atoms with Gasteiger partial charge in [-0.2, -0.15) is 0 Å². The number of Topliss-reactive ketones (excluding diaryl/α,β-unsaturated/α-hetero) is 1. The van der Waals surface area contributed by atoms with Crippen molar-refractivity contribution in [2.75, 3.05) is 26.2 Å². The zero-order chi connectivity index (χ0) is 17.3. The molecule has 24 heavy (non-hydrogen) atoms. The van der Waals surface area contributed by atoms with E-state index in [1.54, 1.807) is 0 Å². The summed E-state index contributed by atoms with van der Waals surface area (Å²) in [5, 5.41) is 0. The molecule has 2 unspecified atom stereocenters. The van der Waals surface area contributed by atoms with E-state index in [0.29, 0.717) is 32.6 Å². The smallest absolute Gasteiger partial charge is 0.254 e. The third-order valence-corrected chi connectivity index (χ3v) is 5.11. The van der Waals surface area contributed by atoms with Crippen molar-refractivity contribution in [2.24, 2.45) is 0 Å². The molecular formula is C19H28N2O3. The predicted molar refractivity (Wildman–Crippen MR) is 92.4 cm³/mol. The van der Waals surface area contributed by atoms with E-state index in [9.17, 15) is 9.59 Å². The van der Waals surface area contributed by atoms with Gasteiger partial charge in [-0.3, -0.25) is 9.59 Å². The molecule has 0 aromatic heterocycles. The summed E-state index contributed by atoms with van der Waals surface area (Å²) < 4.78 is 5.74. The van der Waals surface area contributed by atoms with Crippen LogP contribution >= 0.6 is 0 Å². The first-order valence-corrected chi connectivity index (χ1v) is 9.13. The topological polar surface area (TPSA) is 49.9 Å². The first kappa shape index (κ1) is 17.2. The molecule has 1 amide bonds. The van der Waals surface area contributed by atoms with Crippen LogP contribution < -0.4 is 0 Å². The van der Waals surface area contributed by atoms with Crippen molar-refractivity contribution < 1.29 is 14.3 Å². The third-order valence-electron chi connectivity index (χ3n) is 5.11. The number of hydrogen-bond donors (Lipinski definition) is 0.